The van der Waals surface area contributed by atoms with Crippen molar-refractivity contribution in [3.05, 3.63) is 83.2 Å². The smallest absolute Gasteiger partial charge is 0.260 e. The summed E-state index contributed by atoms with van der Waals surface area (Å²) in [7, 11) is -3.41. The Morgan fingerprint density at radius 2 is 1.61 bits per heavy atom. The molecule has 0 atom stereocenters. The normalized spacial score (nSPS) is 11.8. The lowest BCUT2D eigenvalue weighted by Gasteiger charge is -2.20. The first-order valence-corrected chi connectivity index (χ1v) is 13.0. The molecule has 2 aromatic carbocycles. The number of aryl methyl sites for hydroxylation is 2. The number of thiazole rings is 1. The monoisotopic (exact) mass is 479 g/mol. The molecule has 8 heteroatoms. The average molecular weight is 480 g/mol. The average Bonchev–Trinajstić information content (AvgIpc) is 3.27. The van der Waals surface area contributed by atoms with E-state index in [1.807, 2.05) is 32.0 Å². The maximum absolute atomic E-state index is 13.6. The van der Waals surface area contributed by atoms with Gasteiger partial charge in [-0.3, -0.25) is 14.7 Å². The van der Waals surface area contributed by atoms with Gasteiger partial charge in [0.25, 0.3) is 5.91 Å². The number of hydrogen-bond acceptors (Lipinski definition) is 6. The van der Waals surface area contributed by atoms with Crippen LogP contribution in [0.2, 0.25) is 0 Å². The molecule has 2 heterocycles. The molecule has 0 bridgehead atoms. The number of nitrogens with zero attached hydrogens (tertiary/aromatic N) is 3. The van der Waals surface area contributed by atoms with Crippen LogP contribution in [0.4, 0.5) is 5.13 Å². The van der Waals surface area contributed by atoms with E-state index in [-0.39, 0.29) is 10.8 Å². The Balaban J connectivity index is 1.76. The predicted octanol–water partition coefficient (Wildman–Crippen LogP) is 5.34. The van der Waals surface area contributed by atoms with Gasteiger partial charge in [-0.15, -0.1) is 0 Å². The largest absolute Gasteiger partial charge is 0.279 e. The lowest BCUT2D eigenvalue weighted by molar-refractivity contribution is 0.0985. The fourth-order valence-corrected chi connectivity index (χ4v) is 5.64. The SMILES string of the molecule is Cc1ccc(C)c2sc(N(Cc3ccncc3)C(=O)c3ccc(S(=O)(=O)C(C)C)cc3)nc12. The van der Waals surface area contributed by atoms with E-state index < -0.39 is 15.1 Å². The number of anilines is 1. The molecular weight excluding hydrogens is 454 g/mol. The zero-order valence-electron chi connectivity index (χ0n) is 18.9. The number of aromatic nitrogens is 2. The van der Waals surface area contributed by atoms with Crippen molar-refractivity contribution in [2.75, 3.05) is 4.90 Å². The lowest BCUT2D eigenvalue weighted by Crippen LogP contribution is -2.30. The van der Waals surface area contributed by atoms with Crippen LogP contribution in [-0.4, -0.2) is 29.5 Å². The van der Waals surface area contributed by atoms with Crippen LogP contribution in [0.1, 0.15) is 40.9 Å². The van der Waals surface area contributed by atoms with Crippen molar-refractivity contribution >= 4 is 42.4 Å². The number of benzene rings is 2. The van der Waals surface area contributed by atoms with Gasteiger partial charge in [-0.05, 0) is 80.8 Å². The van der Waals surface area contributed by atoms with Crippen molar-refractivity contribution < 1.29 is 13.2 Å². The Morgan fingerprint density at radius 3 is 2.21 bits per heavy atom. The summed E-state index contributed by atoms with van der Waals surface area (Å²) in [6.07, 6.45) is 3.38. The fourth-order valence-electron chi connectivity index (χ4n) is 3.48. The van der Waals surface area contributed by atoms with Gasteiger partial charge >= 0.3 is 0 Å². The highest BCUT2D eigenvalue weighted by Gasteiger charge is 2.24. The van der Waals surface area contributed by atoms with Gasteiger partial charge < -0.3 is 0 Å². The standard InChI is InChI=1S/C25H25N3O3S2/c1-16(2)33(30,31)21-9-7-20(8-10-21)24(29)28(15-19-11-13-26-14-12-19)25-27-22-17(3)5-6-18(4)23(22)32-25/h5-14,16H,15H2,1-4H3. The molecule has 1 amide bonds. The molecule has 0 radical (unpaired) electrons. The van der Waals surface area contributed by atoms with Gasteiger partial charge in [0.2, 0.25) is 0 Å². The van der Waals surface area contributed by atoms with E-state index >= 15 is 0 Å². The van der Waals surface area contributed by atoms with Gasteiger partial charge in [0.1, 0.15) is 0 Å². The Labute approximate surface area is 197 Å². The molecule has 0 aliphatic rings. The predicted molar refractivity (Wildman–Crippen MR) is 133 cm³/mol. The Kier molecular flexibility index (Phi) is 6.32. The van der Waals surface area contributed by atoms with Crippen LogP contribution in [0.3, 0.4) is 0 Å². The topological polar surface area (TPSA) is 80.2 Å². The van der Waals surface area contributed by atoms with Crippen LogP contribution in [0.15, 0.2) is 65.8 Å². The Hall–Kier alpha value is -3.10. The van der Waals surface area contributed by atoms with Crippen molar-refractivity contribution in [2.24, 2.45) is 0 Å². The summed E-state index contributed by atoms with van der Waals surface area (Å²) in [4.78, 5) is 24.3. The molecule has 4 rings (SSSR count). The highest BCUT2D eigenvalue weighted by molar-refractivity contribution is 7.92. The second-order valence-electron chi connectivity index (χ2n) is 8.24. The van der Waals surface area contributed by atoms with Crippen LogP contribution >= 0.6 is 11.3 Å². The Morgan fingerprint density at radius 1 is 0.970 bits per heavy atom. The summed E-state index contributed by atoms with van der Waals surface area (Å²) in [5.41, 5.74) is 4.38. The van der Waals surface area contributed by atoms with E-state index in [0.29, 0.717) is 17.2 Å². The first-order chi connectivity index (χ1) is 15.7. The minimum absolute atomic E-state index is 0.209. The molecular formula is C25H25N3O3S2. The molecule has 33 heavy (non-hydrogen) atoms. The third-order valence-corrected chi connectivity index (χ3v) is 8.93. The van der Waals surface area contributed by atoms with Crippen LogP contribution in [0.5, 0.6) is 0 Å². The number of rotatable bonds is 6. The molecule has 0 unspecified atom stereocenters. The molecule has 0 spiro atoms. The van der Waals surface area contributed by atoms with E-state index in [2.05, 4.69) is 11.1 Å². The number of fused-ring (bicyclic) bond motifs is 1. The van der Waals surface area contributed by atoms with Crippen molar-refractivity contribution in [1.82, 2.24) is 9.97 Å². The van der Waals surface area contributed by atoms with E-state index in [9.17, 15) is 13.2 Å². The van der Waals surface area contributed by atoms with Gasteiger partial charge in [0, 0.05) is 18.0 Å². The van der Waals surface area contributed by atoms with Gasteiger partial charge in [0.05, 0.1) is 26.9 Å². The van der Waals surface area contributed by atoms with E-state index in [4.69, 9.17) is 4.98 Å². The molecule has 0 fully saturated rings. The number of carbonyl (C=O) groups is 1. The van der Waals surface area contributed by atoms with E-state index in [1.165, 1.54) is 23.5 Å². The minimum atomic E-state index is -3.41. The van der Waals surface area contributed by atoms with Gasteiger partial charge in [-0.2, -0.15) is 0 Å². The Bertz CT molecular complexity index is 1370. The molecule has 0 aliphatic carbocycles. The summed E-state index contributed by atoms with van der Waals surface area (Å²) >= 11 is 1.48. The summed E-state index contributed by atoms with van der Waals surface area (Å²) in [5, 5.41) is 0.0690. The van der Waals surface area contributed by atoms with Crippen LogP contribution in [0, 0.1) is 13.8 Å². The first-order valence-electron chi connectivity index (χ1n) is 10.6. The molecule has 170 valence electrons. The number of amides is 1. The summed E-state index contributed by atoms with van der Waals surface area (Å²) < 4.78 is 26.0. The van der Waals surface area contributed by atoms with Gasteiger partial charge in [-0.1, -0.05) is 23.5 Å². The highest BCUT2D eigenvalue weighted by Crippen LogP contribution is 2.34. The first kappa shape index (κ1) is 23.1. The van der Waals surface area contributed by atoms with Crippen molar-refractivity contribution in [3.8, 4) is 0 Å². The van der Waals surface area contributed by atoms with Crippen molar-refractivity contribution in [3.63, 3.8) is 0 Å². The van der Waals surface area contributed by atoms with Crippen molar-refractivity contribution in [2.45, 2.75) is 44.4 Å². The number of hydrogen-bond donors (Lipinski definition) is 0. The van der Waals surface area contributed by atoms with Crippen LogP contribution < -0.4 is 4.90 Å². The minimum Gasteiger partial charge on any atom is -0.279 e. The molecule has 2 aromatic heterocycles. The summed E-state index contributed by atoms with van der Waals surface area (Å²) in [6, 6.07) is 14.0. The molecule has 4 aromatic rings. The molecule has 6 nitrogen and oxygen atoms in total. The van der Waals surface area contributed by atoms with Gasteiger partial charge in [-0.25, -0.2) is 13.4 Å². The third kappa shape index (κ3) is 4.54. The highest BCUT2D eigenvalue weighted by atomic mass is 32.2. The summed E-state index contributed by atoms with van der Waals surface area (Å²) in [6.45, 7) is 7.65. The van der Waals surface area contributed by atoms with Crippen LogP contribution in [-0.2, 0) is 16.4 Å². The maximum atomic E-state index is 13.6. The zero-order chi connectivity index (χ0) is 23.8. The second-order valence-corrected chi connectivity index (χ2v) is 11.7. The quantitative estimate of drug-likeness (QED) is 0.373. The van der Waals surface area contributed by atoms with E-state index in [1.54, 1.807) is 43.3 Å². The number of carbonyl (C=O) groups excluding carboxylic acids is 1. The zero-order valence-corrected chi connectivity index (χ0v) is 20.6. The molecule has 0 saturated carbocycles. The van der Waals surface area contributed by atoms with E-state index in [0.717, 1.165) is 26.9 Å². The summed E-state index contributed by atoms with van der Waals surface area (Å²) in [5.74, 6) is -0.241. The lowest BCUT2D eigenvalue weighted by atomic mass is 10.1. The number of pyridine rings is 1. The molecule has 0 N–H and O–H groups in total. The maximum Gasteiger partial charge on any atom is 0.260 e. The third-order valence-electron chi connectivity index (χ3n) is 5.55. The van der Waals surface area contributed by atoms with Crippen LogP contribution in [0.25, 0.3) is 10.2 Å². The van der Waals surface area contributed by atoms with Crippen molar-refractivity contribution in [1.29, 1.82) is 0 Å². The number of sulfone groups is 1. The van der Waals surface area contributed by atoms with Gasteiger partial charge in [0.15, 0.2) is 15.0 Å². The molecule has 0 aliphatic heterocycles. The molecule has 0 saturated heterocycles. The fraction of sp³-hybridized carbons (Fsp3) is 0.240. The second kappa shape index (κ2) is 9.03.